The maximum absolute atomic E-state index is 11.1. The molecule has 2 heterocycles. The Bertz CT molecular complexity index is 482. The molecule has 0 saturated carbocycles. The van der Waals surface area contributed by atoms with Crippen LogP contribution in [0.1, 0.15) is 19.8 Å². The van der Waals surface area contributed by atoms with Gasteiger partial charge in [-0.25, -0.2) is 15.8 Å². The van der Waals surface area contributed by atoms with Gasteiger partial charge in [0, 0.05) is 13.1 Å². The second-order valence-corrected chi connectivity index (χ2v) is 4.78. The van der Waals surface area contributed by atoms with E-state index in [-0.39, 0.29) is 17.3 Å². The summed E-state index contributed by atoms with van der Waals surface area (Å²) in [6.45, 7) is 2.75. The zero-order chi connectivity index (χ0) is 14.0. The molecule has 1 aliphatic heterocycles. The average Bonchev–Trinajstić information content (AvgIpc) is 2.37. The molecular formula is C10H16N6O3. The maximum atomic E-state index is 11.1. The first-order valence-electron chi connectivity index (χ1n) is 5.88. The van der Waals surface area contributed by atoms with Crippen LogP contribution < -0.4 is 16.2 Å². The molecular weight excluding hydrogens is 252 g/mol. The minimum absolute atomic E-state index is 0.0210. The van der Waals surface area contributed by atoms with Gasteiger partial charge in [0.1, 0.15) is 6.33 Å². The van der Waals surface area contributed by atoms with E-state index in [9.17, 15) is 15.2 Å². The standard InChI is InChI=1S/C10H16N6O3/c1-10(17)2-4-15(5-3-10)9-7(16(18)19)8(14-11)12-6-13-9/h6,17H,2-5,11H2,1H3,(H,12,13,14). The fourth-order valence-electron chi connectivity index (χ4n) is 2.07. The highest BCUT2D eigenvalue weighted by Crippen LogP contribution is 2.34. The number of nitro groups is 1. The number of rotatable bonds is 3. The molecule has 0 spiro atoms. The molecule has 1 aromatic heterocycles. The van der Waals surface area contributed by atoms with E-state index in [1.54, 1.807) is 11.8 Å². The summed E-state index contributed by atoms with van der Waals surface area (Å²) >= 11 is 0. The van der Waals surface area contributed by atoms with Gasteiger partial charge in [-0.2, -0.15) is 0 Å². The van der Waals surface area contributed by atoms with Gasteiger partial charge in [-0.05, 0) is 19.8 Å². The van der Waals surface area contributed by atoms with Crippen molar-refractivity contribution in [2.24, 2.45) is 5.84 Å². The molecule has 0 amide bonds. The van der Waals surface area contributed by atoms with E-state index < -0.39 is 10.5 Å². The number of nitrogens with zero attached hydrogens (tertiary/aromatic N) is 4. The second kappa shape index (κ2) is 4.94. The number of piperidine rings is 1. The average molecular weight is 268 g/mol. The lowest BCUT2D eigenvalue weighted by Gasteiger charge is -2.36. The normalized spacial score (nSPS) is 18.2. The van der Waals surface area contributed by atoms with E-state index in [0.29, 0.717) is 25.9 Å². The zero-order valence-corrected chi connectivity index (χ0v) is 10.5. The summed E-state index contributed by atoms with van der Waals surface area (Å²) in [5, 5.41) is 21.0. The predicted molar refractivity (Wildman–Crippen MR) is 68.6 cm³/mol. The number of nitrogen functional groups attached to an aromatic ring is 1. The summed E-state index contributed by atoms with van der Waals surface area (Å²) in [4.78, 5) is 20.0. The zero-order valence-electron chi connectivity index (χ0n) is 10.5. The molecule has 9 nitrogen and oxygen atoms in total. The van der Waals surface area contributed by atoms with Crippen molar-refractivity contribution in [1.82, 2.24) is 9.97 Å². The van der Waals surface area contributed by atoms with Crippen LogP contribution >= 0.6 is 0 Å². The predicted octanol–water partition coefficient (Wildman–Crippen LogP) is 0.0216. The van der Waals surface area contributed by atoms with Crippen molar-refractivity contribution >= 4 is 17.3 Å². The van der Waals surface area contributed by atoms with Gasteiger partial charge < -0.3 is 15.4 Å². The summed E-state index contributed by atoms with van der Waals surface area (Å²) in [6.07, 6.45) is 2.28. The minimum atomic E-state index is -0.729. The van der Waals surface area contributed by atoms with E-state index in [0.717, 1.165) is 0 Å². The van der Waals surface area contributed by atoms with Crippen molar-refractivity contribution in [2.45, 2.75) is 25.4 Å². The van der Waals surface area contributed by atoms with Crippen LogP contribution in [0.4, 0.5) is 17.3 Å². The van der Waals surface area contributed by atoms with E-state index in [2.05, 4.69) is 15.4 Å². The lowest BCUT2D eigenvalue weighted by Crippen LogP contribution is -2.43. The first-order chi connectivity index (χ1) is 8.94. The van der Waals surface area contributed by atoms with Gasteiger partial charge in [-0.15, -0.1) is 0 Å². The van der Waals surface area contributed by atoms with Crippen LogP contribution in [0.25, 0.3) is 0 Å². The number of nitrogens with one attached hydrogen (secondary N) is 1. The number of anilines is 2. The highest BCUT2D eigenvalue weighted by atomic mass is 16.6. The Morgan fingerprint density at radius 2 is 2.16 bits per heavy atom. The number of hydrogen-bond acceptors (Lipinski definition) is 8. The highest BCUT2D eigenvalue weighted by molar-refractivity contribution is 5.70. The molecule has 19 heavy (non-hydrogen) atoms. The number of hydrazine groups is 1. The molecule has 0 atom stereocenters. The van der Waals surface area contributed by atoms with Crippen molar-refractivity contribution in [1.29, 1.82) is 0 Å². The highest BCUT2D eigenvalue weighted by Gasteiger charge is 2.32. The van der Waals surface area contributed by atoms with E-state index in [1.165, 1.54) is 6.33 Å². The Morgan fingerprint density at radius 3 is 2.68 bits per heavy atom. The smallest absolute Gasteiger partial charge is 0.354 e. The van der Waals surface area contributed by atoms with Gasteiger partial charge in [0.25, 0.3) is 0 Å². The molecule has 0 unspecified atom stereocenters. The van der Waals surface area contributed by atoms with Crippen molar-refractivity contribution < 1.29 is 10.0 Å². The number of hydrogen-bond donors (Lipinski definition) is 3. The van der Waals surface area contributed by atoms with E-state index in [1.807, 2.05) is 0 Å². The number of aliphatic hydroxyl groups is 1. The molecule has 9 heteroatoms. The lowest BCUT2D eigenvalue weighted by molar-refractivity contribution is -0.383. The molecule has 1 fully saturated rings. The van der Waals surface area contributed by atoms with E-state index >= 15 is 0 Å². The van der Waals surface area contributed by atoms with Crippen molar-refractivity contribution in [3.63, 3.8) is 0 Å². The summed E-state index contributed by atoms with van der Waals surface area (Å²) in [5.41, 5.74) is 1.23. The first-order valence-corrected chi connectivity index (χ1v) is 5.88. The minimum Gasteiger partial charge on any atom is -0.390 e. The molecule has 1 aliphatic rings. The molecule has 1 saturated heterocycles. The first kappa shape index (κ1) is 13.4. The number of nitrogens with two attached hydrogens (primary N) is 1. The van der Waals surface area contributed by atoms with Crippen molar-refractivity contribution in [3.8, 4) is 0 Å². The van der Waals surface area contributed by atoms with Crippen molar-refractivity contribution in [2.75, 3.05) is 23.4 Å². The SMILES string of the molecule is CC1(O)CCN(c2ncnc(NN)c2[N+](=O)[O-])CC1. The van der Waals surface area contributed by atoms with Crippen LogP contribution in [-0.4, -0.2) is 38.7 Å². The monoisotopic (exact) mass is 268 g/mol. The van der Waals surface area contributed by atoms with Gasteiger partial charge in [0.15, 0.2) is 0 Å². The topological polar surface area (TPSA) is 130 Å². The molecule has 0 radical (unpaired) electrons. The molecule has 104 valence electrons. The third-order valence-corrected chi connectivity index (χ3v) is 3.26. The van der Waals surface area contributed by atoms with Gasteiger partial charge >= 0.3 is 5.69 Å². The Hall–Kier alpha value is -2.00. The second-order valence-electron chi connectivity index (χ2n) is 4.78. The summed E-state index contributed by atoms with van der Waals surface area (Å²) in [5.74, 6) is 5.43. The largest absolute Gasteiger partial charge is 0.390 e. The third kappa shape index (κ3) is 2.71. The van der Waals surface area contributed by atoms with Gasteiger partial charge in [0.05, 0.1) is 10.5 Å². The lowest BCUT2D eigenvalue weighted by atomic mass is 9.94. The summed E-state index contributed by atoms with van der Waals surface area (Å²) in [6, 6.07) is 0. The van der Waals surface area contributed by atoms with Crippen LogP contribution in [-0.2, 0) is 0 Å². The molecule has 2 rings (SSSR count). The third-order valence-electron chi connectivity index (χ3n) is 3.26. The Balaban J connectivity index is 2.32. The summed E-state index contributed by atoms with van der Waals surface area (Å²) < 4.78 is 0. The molecule has 1 aromatic rings. The maximum Gasteiger partial charge on any atom is 0.354 e. The van der Waals surface area contributed by atoms with Crippen LogP contribution in [0.15, 0.2) is 6.33 Å². The fourth-order valence-corrected chi connectivity index (χ4v) is 2.07. The quantitative estimate of drug-likeness (QED) is 0.397. The Kier molecular flexibility index (Phi) is 3.49. The Morgan fingerprint density at radius 1 is 1.53 bits per heavy atom. The van der Waals surface area contributed by atoms with Gasteiger partial charge in [-0.3, -0.25) is 10.1 Å². The Labute approximate surface area is 109 Å². The van der Waals surface area contributed by atoms with Crippen LogP contribution in [0, 0.1) is 10.1 Å². The van der Waals surface area contributed by atoms with Crippen LogP contribution in [0.5, 0.6) is 0 Å². The fraction of sp³-hybridized carbons (Fsp3) is 0.600. The summed E-state index contributed by atoms with van der Waals surface area (Å²) in [7, 11) is 0. The van der Waals surface area contributed by atoms with Crippen LogP contribution in [0.2, 0.25) is 0 Å². The molecule has 4 N–H and O–H groups in total. The molecule has 0 aromatic carbocycles. The van der Waals surface area contributed by atoms with Crippen LogP contribution in [0.3, 0.4) is 0 Å². The number of aromatic nitrogens is 2. The molecule has 0 aliphatic carbocycles. The van der Waals surface area contributed by atoms with Gasteiger partial charge in [0.2, 0.25) is 11.6 Å². The van der Waals surface area contributed by atoms with Crippen molar-refractivity contribution in [3.05, 3.63) is 16.4 Å². The molecule has 0 bridgehead atoms. The van der Waals surface area contributed by atoms with Gasteiger partial charge in [-0.1, -0.05) is 0 Å². The van der Waals surface area contributed by atoms with E-state index in [4.69, 9.17) is 5.84 Å².